The molecule has 1 unspecified atom stereocenters. The van der Waals surface area contributed by atoms with Crippen molar-refractivity contribution in [3.05, 3.63) is 12.2 Å². The van der Waals surface area contributed by atoms with E-state index in [1.807, 2.05) is 0 Å². The van der Waals surface area contributed by atoms with Gasteiger partial charge in [0.05, 0.1) is 6.61 Å². The van der Waals surface area contributed by atoms with Gasteiger partial charge in [0.15, 0.2) is 0 Å². The number of aliphatic carboxylic acids is 1. The maximum absolute atomic E-state index is 11.0. The molecular weight excluding hydrogens is 220 g/mol. The van der Waals surface area contributed by atoms with E-state index in [0.29, 0.717) is 6.61 Å². The fourth-order valence-corrected chi connectivity index (χ4v) is 1.34. The average molecular weight is 242 g/mol. The molecule has 4 heteroatoms. The molecule has 0 aromatic heterocycles. The molecule has 0 fully saturated rings. The molecule has 1 atom stereocenters. The first kappa shape index (κ1) is 15.7. The minimum absolute atomic E-state index is 0.364. The van der Waals surface area contributed by atoms with Crippen LogP contribution < -0.4 is 0 Å². The summed E-state index contributed by atoms with van der Waals surface area (Å²) in [5.74, 6) is -0.971. The molecule has 0 aromatic carbocycles. The Morgan fingerprint density at radius 3 is 2.53 bits per heavy atom. The largest absolute Gasteiger partial charge is 0.478 e. The highest BCUT2D eigenvalue weighted by atomic mass is 16.5. The number of carboxylic acids is 1. The molecule has 0 aliphatic carbocycles. The topological polar surface area (TPSA) is 63.6 Å². The van der Waals surface area contributed by atoms with Crippen LogP contribution in [-0.4, -0.2) is 23.7 Å². The molecule has 0 spiro atoms. The first-order valence-corrected chi connectivity index (χ1v) is 6.14. The number of ether oxygens (including phenoxy) is 1. The number of carbonyl (C=O) groups excluding carboxylic acids is 1. The number of esters is 1. The molecule has 98 valence electrons. The minimum atomic E-state index is -1.14. The Morgan fingerprint density at radius 2 is 1.94 bits per heavy atom. The number of hydrogen-bond acceptors (Lipinski definition) is 3. The molecule has 0 bridgehead atoms. The quantitative estimate of drug-likeness (QED) is 0.383. The van der Waals surface area contributed by atoms with Crippen molar-refractivity contribution in [1.82, 2.24) is 0 Å². The van der Waals surface area contributed by atoms with Gasteiger partial charge in [0, 0.05) is 12.2 Å². The van der Waals surface area contributed by atoms with Gasteiger partial charge in [0.25, 0.3) is 0 Å². The van der Waals surface area contributed by atoms with E-state index in [0.717, 1.165) is 37.3 Å². The Hall–Kier alpha value is -1.32. The average Bonchev–Trinajstić information content (AvgIpc) is 2.30. The van der Waals surface area contributed by atoms with Crippen molar-refractivity contribution in [2.24, 2.45) is 5.92 Å². The molecule has 0 aromatic rings. The Kier molecular flexibility index (Phi) is 9.11. The summed E-state index contributed by atoms with van der Waals surface area (Å²) in [6, 6.07) is 0. The van der Waals surface area contributed by atoms with Crippen LogP contribution in [0.5, 0.6) is 0 Å². The van der Waals surface area contributed by atoms with Crippen LogP contribution in [0, 0.1) is 5.92 Å². The van der Waals surface area contributed by atoms with Crippen molar-refractivity contribution in [1.29, 1.82) is 0 Å². The molecule has 0 saturated carbocycles. The van der Waals surface area contributed by atoms with Gasteiger partial charge in [-0.05, 0) is 12.3 Å². The Morgan fingerprint density at radius 1 is 1.24 bits per heavy atom. The minimum Gasteiger partial charge on any atom is -0.478 e. The van der Waals surface area contributed by atoms with E-state index in [2.05, 4.69) is 13.8 Å². The van der Waals surface area contributed by atoms with Gasteiger partial charge in [-0.25, -0.2) is 9.59 Å². The van der Waals surface area contributed by atoms with Crippen LogP contribution in [0.4, 0.5) is 0 Å². The van der Waals surface area contributed by atoms with Gasteiger partial charge >= 0.3 is 11.9 Å². The fraction of sp³-hybridized carbons (Fsp3) is 0.692. The van der Waals surface area contributed by atoms with Gasteiger partial charge in [-0.2, -0.15) is 0 Å². The number of unbranched alkanes of at least 4 members (excludes halogenated alkanes) is 2. The second-order valence-corrected chi connectivity index (χ2v) is 4.20. The van der Waals surface area contributed by atoms with Gasteiger partial charge in [-0.1, -0.05) is 39.5 Å². The van der Waals surface area contributed by atoms with Gasteiger partial charge in [0.2, 0.25) is 0 Å². The smallest absolute Gasteiger partial charge is 0.331 e. The maximum Gasteiger partial charge on any atom is 0.331 e. The predicted octanol–water partition coefficient (Wildman–Crippen LogP) is 2.78. The normalized spacial score (nSPS) is 12.6. The van der Waals surface area contributed by atoms with Gasteiger partial charge in [0.1, 0.15) is 0 Å². The van der Waals surface area contributed by atoms with Crippen molar-refractivity contribution in [2.75, 3.05) is 6.61 Å². The zero-order valence-corrected chi connectivity index (χ0v) is 10.6. The number of carboxylic acid groups (broad SMARTS) is 1. The summed E-state index contributed by atoms with van der Waals surface area (Å²) >= 11 is 0. The lowest BCUT2D eigenvalue weighted by molar-refractivity contribution is -0.138. The first-order valence-electron chi connectivity index (χ1n) is 6.14. The predicted molar refractivity (Wildman–Crippen MR) is 65.7 cm³/mol. The van der Waals surface area contributed by atoms with E-state index in [1.165, 1.54) is 12.8 Å². The lowest BCUT2D eigenvalue weighted by Gasteiger charge is -2.07. The van der Waals surface area contributed by atoms with E-state index in [-0.39, 0.29) is 0 Å². The van der Waals surface area contributed by atoms with Crippen molar-refractivity contribution < 1.29 is 19.4 Å². The van der Waals surface area contributed by atoms with E-state index in [9.17, 15) is 9.59 Å². The fourth-order valence-electron chi connectivity index (χ4n) is 1.34. The molecule has 0 aliphatic rings. The zero-order chi connectivity index (χ0) is 13.1. The third-order valence-electron chi connectivity index (χ3n) is 2.64. The number of hydrogen-bond donors (Lipinski definition) is 1. The molecule has 0 amide bonds. The molecule has 0 aliphatic heterocycles. The van der Waals surface area contributed by atoms with Crippen molar-refractivity contribution in [3.8, 4) is 0 Å². The Balaban J connectivity index is 3.39. The van der Waals surface area contributed by atoms with E-state index >= 15 is 0 Å². The van der Waals surface area contributed by atoms with Crippen LogP contribution in [0.25, 0.3) is 0 Å². The maximum atomic E-state index is 11.0. The molecule has 1 N–H and O–H groups in total. The summed E-state index contributed by atoms with van der Waals surface area (Å²) in [7, 11) is 0. The Bertz CT molecular complexity index is 258. The molecular formula is C13H22O4. The monoisotopic (exact) mass is 242 g/mol. The summed E-state index contributed by atoms with van der Waals surface area (Å²) in [4.78, 5) is 21.1. The van der Waals surface area contributed by atoms with Crippen LogP contribution in [0.2, 0.25) is 0 Å². The van der Waals surface area contributed by atoms with E-state index < -0.39 is 11.9 Å². The third-order valence-corrected chi connectivity index (χ3v) is 2.64. The van der Waals surface area contributed by atoms with Crippen molar-refractivity contribution in [2.45, 2.75) is 46.0 Å². The summed E-state index contributed by atoms with van der Waals surface area (Å²) in [6.07, 6.45) is 7.16. The van der Waals surface area contributed by atoms with Crippen LogP contribution in [0.1, 0.15) is 46.0 Å². The lowest BCUT2D eigenvalue weighted by Crippen LogP contribution is -2.03. The number of carbonyl (C=O) groups is 2. The molecule has 0 radical (unpaired) electrons. The molecule has 4 nitrogen and oxygen atoms in total. The molecule has 17 heavy (non-hydrogen) atoms. The standard InChI is InChI=1S/C13H22O4/c1-3-11(2)7-5-4-6-10-17-13(16)9-8-12(14)15/h8-9,11H,3-7,10H2,1-2H3,(H,14,15). The van der Waals surface area contributed by atoms with Crippen molar-refractivity contribution >= 4 is 11.9 Å². The van der Waals surface area contributed by atoms with Crippen LogP contribution >= 0.6 is 0 Å². The highest BCUT2D eigenvalue weighted by Crippen LogP contribution is 2.12. The number of rotatable bonds is 9. The summed E-state index contributed by atoms with van der Waals surface area (Å²) in [5, 5.41) is 8.28. The van der Waals surface area contributed by atoms with Gasteiger partial charge in [-0.3, -0.25) is 0 Å². The van der Waals surface area contributed by atoms with Gasteiger partial charge < -0.3 is 9.84 Å². The molecule has 0 rings (SSSR count). The summed E-state index contributed by atoms with van der Waals surface area (Å²) in [5.41, 5.74) is 0. The molecule has 0 heterocycles. The second kappa shape index (κ2) is 9.87. The van der Waals surface area contributed by atoms with Crippen LogP contribution in [0.15, 0.2) is 12.2 Å². The summed E-state index contributed by atoms with van der Waals surface area (Å²) < 4.78 is 4.84. The van der Waals surface area contributed by atoms with Gasteiger partial charge in [-0.15, -0.1) is 0 Å². The SMILES string of the molecule is CCC(C)CCCCCOC(=O)C=CC(=O)O. The first-order chi connectivity index (χ1) is 8.06. The second-order valence-electron chi connectivity index (χ2n) is 4.20. The molecule has 0 saturated heterocycles. The lowest BCUT2D eigenvalue weighted by atomic mass is 10.0. The van der Waals surface area contributed by atoms with E-state index in [1.54, 1.807) is 0 Å². The van der Waals surface area contributed by atoms with Crippen LogP contribution in [0.3, 0.4) is 0 Å². The van der Waals surface area contributed by atoms with E-state index in [4.69, 9.17) is 9.84 Å². The summed E-state index contributed by atoms with van der Waals surface area (Å²) in [6.45, 7) is 4.78. The third kappa shape index (κ3) is 11.0. The zero-order valence-electron chi connectivity index (χ0n) is 10.6. The highest BCUT2D eigenvalue weighted by molar-refractivity contribution is 5.90. The van der Waals surface area contributed by atoms with Crippen molar-refractivity contribution in [3.63, 3.8) is 0 Å². The highest BCUT2D eigenvalue weighted by Gasteiger charge is 2.00. The van der Waals surface area contributed by atoms with Crippen LogP contribution in [-0.2, 0) is 14.3 Å². The Labute approximate surface area is 103 Å².